The summed E-state index contributed by atoms with van der Waals surface area (Å²) in [4.78, 5) is 26.5. The average Bonchev–Trinajstić information content (AvgIpc) is 3.04. The van der Waals surface area contributed by atoms with Gasteiger partial charge >= 0.3 is 0 Å². The average molecular weight is 324 g/mol. The normalized spacial score (nSPS) is 20.1. The molecule has 0 aromatic heterocycles. The fourth-order valence-electron chi connectivity index (χ4n) is 3.24. The zero-order chi connectivity index (χ0) is 17.3. The van der Waals surface area contributed by atoms with Crippen LogP contribution in [0.5, 0.6) is 5.75 Å². The Morgan fingerprint density at radius 1 is 1.17 bits per heavy atom. The fraction of sp³-hybridized carbons (Fsp3) is 0.263. The number of hydrogen-bond donors (Lipinski definition) is 2. The van der Waals surface area contributed by atoms with Crippen LogP contribution in [0.4, 0.5) is 0 Å². The number of nitrogens with zero attached hydrogens (tertiary/aromatic N) is 1. The van der Waals surface area contributed by atoms with Gasteiger partial charge in [0.1, 0.15) is 5.75 Å². The third-order valence-electron chi connectivity index (χ3n) is 4.81. The lowest BCUT2D eigenvalue weighted by Gasteiger charge is -2.26. The van der Waals surface area contributed by atoms with Crippen LogP contribution in [-0.4, -0.2) is 34.9 Å². The maximum Gasteiger partial charge on any atom is 0.254 e. The van der Waals surface area contributed by atoms with E-state index in [9.17, 15) is 14.7 Å². The topological polar surface area (TPSA) is 83.6 Å². The van der Waals surface area contributed by atoms with E-state index in [1.807, 2.05) is 30.3 Å². The summed E-state index contributed by atoms with van der Waals surface area (Å²) in [6.45, 7) is 2.47. The summed E-state index contributed by atoms with van der Waals surface area (Å²) >= 11 is 0. The van der Waals surface area contributed by atoms with Gasteiger partial charge in [-0.3, -0.25) is 9.59 Å². The quantitative estimate of drug-likeness (QED) is 0.905. The maximum absolute atomic E-state index is 12.7. The molecule has 2 aromatic rings. The van der Waals surface area contributed by atoms with Gasteiger partial charge in [-0.15, -0.1) is 0 Å². The molecule has 1 aliphatic rings. The summed E-state index contributed by atoms with van der Waals surface area (Å²) < 4.78 is 0. The van der Waals surface area contributed by atoms with E-state index in [1.165, 1.54) is 6.07 Å². The Morgan fingerprint density at radius 2 is 1.88 bits per heavy atom. The Balaban J connectivity index is 1.89. The zero-order valence-electron chi connectivity index (χ0n) is 13.5. The molecule has 2 amide bonds. The van der Waals surface area contributed by atoms with Crippen LogP contribution < -0.4 is 5.73 Å². The smallest absolute Gasteiger partial charge is 0.254 e. The van der Waals surface area contributed by atoms with Crippen LogP contribution in [0.1, 0.15) is 27.9 Å². The number of hydrogen-bond acceptors (Lipinski definition) is 3. The number of carbonyl (C=O) groups excluding carboxylic acids is 2. The number of aromatic hydroxyl groups is 1. The molecule has 0 saturated carbocycles. The molecule has 0 bridgehead atoms. The summed E-state index contributed by atoms with van der Waals surface area (Å²) in [5.74, 6) is -0.538. The SMILES string of the molecule is Cc1ccc(C(=O)N2CCC(C(N)=O)(c3ccccc3)C2)cc1O. The molecule has 1 unspecified atom stereocenters. The maximum atomic E-state index is 12.7. The first-order valence-electron chi connectivity index (χ1n) is 7.88. The number of likely N-dealkylation sites (tertiary alicyclic amines) is 1. The van der Waals surface area contributed by atoms with Crippen LogP contribution in [0.15, 0.2) is 48.5 Å². The molecule has 1 saturated heterocycles. The Kier molecular flexibility index (Phi) is 4.01. The molecule has 0 spiro atoms. The zero-order valence-corrected chi connectivity index (χ0v) is 13.5. The molecule has 1 fully saturated rings. The number of aryl methyl sites for hydroxylation is 1. The van der Waals surface area contributed by atoms with Crippen molar-refractivity contribution in [2.24, 2.45) is 5.73 Å². The lowest BCUT2D eigenvalue weighted by Crippen LogP contribution is -2.44. The van der Waals surface area contributed by atoms with Gasteiger partial charge in [-0.1, -0.05) is 36.4 Å². The van der Waals surface area contributed by atoms with Gasteiger partial charge in [-0.2, -0.15) is 0 Å². The van der Waals surface area contributed by atoms with Gasteiger partial charge in [0.2, 0.25) is 5.91 Å². The van der Waals surface area contributed by atoms with Crippen molar-refractivity contribution in [3.8, 4) is 5.75 Å². The van der Waals surface area contributed by atoms with Gasteiger partial charge in [0, 0.05) is 18.7 Å². The minimum atomic E-state index is -0.857. The molecular formula is C19H20N2O3. The molecule has 0 radical (unpaired) electrons. The predicted octanol–water partition coefficient (Wildman–Crippen LogP) is 1.97. The van der Waals surface area contributed by atoms with E-state index < -0.39 is 11.3 Å². The van der Waals surface area contributed by atoms with Gasteiger partial charge in [-0.05, 0) is 36.6 Å². The molecule has 5 nitrogen and oxygen atoms in total. The van der Waals surface area contributed by atoms with E-state index in [1.54, 1.807) is 24.0 Å². The first-order valence-corrected chi connectivity index (χ1v) is 7.88. The molecule has 0 aliphatic carbocycles. The van der Waals surface area contributed by atoms with E-state index in [0.29, 0.717) is 24.1 Å². The largest absolute Gasteiger partial charge is 0.508 e. The minimum absolute atomic E-state index is 0.0873. The van der Waals surface area contributed by atoms with Gasteiger partial charge < -0.3 is 15.7 Å². The fourth-order valence-corrected chi connectivity index (χ4v) is 3.24. The van der Waals surface area contributed by atoms with E-state index in [2.05, 4.69) is 0 Å². The van der Waals surface area contributed by atoms with Crippen LogP contribution in [0.3, 0.4) is 0 Å². The standard InChI is InChI=1S/C19H20N2O3/c1-13-7-8-14(11-16(13)22)17(23)21-10-9-19(12-21,18(20)24)15-5-3-2-4-6-15/h2-8,11,22H,9-10,12H2,1H3,(H2,20,24). The second-order valence-corrected chi connectivity index (χ2v) is 6.29. The van der Waals surface area contributed by atoms with E-state index in [-0.39, 0.29) is 18.2 Å². The van der Waals surface area contributed by atoms with E-state index in [0.717, 1.165) is 5.56 Å². The molecule has 124 valence electrons. The summed E-state index contributed by atoms with van der Waals surface area (Å²) in [7, 11) is 0. The number of benzene rings is 2. The third-order valence-corrected chi connectivity index (χ3v) is 4.81. The number of nitrogens with two attached hydrogens (primary N) is 1. The number of phenolic OH excluding ortho intramolecular Hbond substituents is 1. The van der Waals surface area contributed by atoms with Crippen LogP contribution in [0.25, 0.3) is 0 Å². The van der Waals surface area contributed by atoms with Crippen LogP contribution in [0.2, 0.25) is 0 Å². The molecular weight excluding hydrogens is 304 g/mol. The molecule has 3 rings (SSSR count). The van der Waals surface area contributed by atoms with E-state index >= 15 is 0 Å². The molecule has 1 heterocycles. The molecule has 24 heavy (non-hydrogen) atoms. The summed E-state index contributed by atoms with van der Waals surface area (Å²) in [5.41, 5.74) is 6.79. The molecule has 1 atom stereocenters. The monoisotopic (exact) mass is 324 g/mol. The first-order chi connectivity index (χ1) is 11.4. The highest BCUT2D eigenvalue weighted by Gasteiger charge is 2.46. The van der Waals surface area contributed by atoms with Crippen molar-refractivity contribution in [2.45, 2.75) is 18.8 Å². The van der Waals surface area contributed by atoms with Crippen molar-refractivity contribution in [3.05, 3.63) is 65.2 Å². The van der Waals surface area contributed by atoms with Crippen molar-refractivity contribution in [1.82, 2.24) is 4.90 Å². The molecule has 5 heteroatoms. The number of rotatable bonds is 3. The minimum Gasteiger partial charge on any atom is -0.508 e. The van der Waals surface area contributed by atoms with E-state index in [4.69, 9.17) is 5.73 Å². The van der Waals surface area contributed by atoms with Gasteiger partial charge in [0.05, 0.1) is 5.41 Å². The van der Waals surface area contributed by atoms with Crippen molar-refractivity contribution in [3.63, 3.8) is 0 Å². The molecule has 1 aliphatic heterocycles. The predicted molar refractivity (Wildman–Crippen MR) is 90.7 cm³/mol. The number of phenols is 1. The first kappa shape index (κ1) is 16.1. The van der Waals surface area contributed by atoms with Gasteiger partial charge in [0.15, 0.2) is 0 Å². The Labute approximate surface area is 140 Å². The van der Waals surface area contributed by atoms with Crippen molar-refractivity contribution in [2.75, 3.05) is 13.1 Å². The highest BCUT2D eigenvalue weighted by molar-refractivity contribution is 5.96. The second kappa shape index (κ2) is 6.00. The van der Waals surface area contributed by atoms with Gasteiger partial charge in [-0.25, -0.2) is 0 Å². The molecule has 2 aromatic carbocycles. The highest BCUT2D eigenvalue weighted by Crippen LogP contribution is 2.35. The summed E-state index contributed by atoms with van der Waals surface area (Å²) in [6, 6.07) is 14.2. The van der Waals surface area contributed by atoms with Crippen LogP contribution in [-0.2, 0) is 10.2 Å². The number of primary amides is 1. The van der Waals surface area contributed by atoms with Crippen molar-refractivity contribution >= 4 is 11.8 Å². The number of amides is 2. The third kappa shape index (κ3) is 2.62. The number of carbonyl (C=O) groups is 2. The Morgan fingerprint density at radius 3 is 2.50 bits per heavy atom. The van der Waals surface area contributed by atoms with Crippen molar-refractivity contribution in [1.29, 1.82) is 0 Å². The Hall–Kier alpha value is -2.82. The highest BCUT2D eigenvalue weighted by atomic mass is 16.3. The van der Waals surface area contributed by atoms with Crippen LogP contribution >= 0.6 is 0 Å². The summed E-state index contributed by atoms with van der Waals surface area (Å²) in [6.07, 6.45) is 0.496. The molecule has 3 N–H and O–H groups in total. The summed E-state index contributed by atoms with van der Waals surface area (Å²) in [5, 5.41) is 9.82. The lowest BCUT2D eigenvalue weighted by atomic mass is 9.79. The Bertz CT molecular complexity index is 788. The van der Waals surface area contributed by atoms with Crippen molar-refractivity contribution < 1.29 is 14.7 Å². The van der Waals surface area contributed by atoms with Crippen LogP contribution in [0, 0.1) is 6.92 Å². The second-order valence-electron chi connectivity index (χ2n) is 6.29. The van der Waals surface area contributed by atoms with Gasteiger partial charge in [0.25, 0.3) is 5.91 Å². The lowest BCUT2D eigenvalue weighted by molar-refractivity contribution is -0.123.